The van der Waals surface area contributed by atoms with Gasteiger partial charge < -0.3 is 15.1 Å². The molecule has 122 valence electrons. The van der Waals surface area contributed by atoms with Crippen LogP contribution in [0.3, 0.4) is 0 Å². The molecule has 0 atom stereocenters. The fourth-order valence-electron chi connectivity index (χ4n) is 1.88. The molecule has 0 saturated carbocycles. The van der Waals surface area contributed by atoms with E-state index >= 15 is 0 Å². The molecule has 0 unspecified atom stereocenters. The summed E-state index contributed by atoms with van der Waals surface area (Å²) in [6.45, 7) is 2.44. The van der Waals surface area contributed by atoms with Crippen LogP contribution in [0.2, 0.25) is 0 Å². The molecule has 1 aromatic rings. The predicted molar refractivity (Wildman–Crippen MR) is 80.4 cm³/mol. The zero-order valence-corrected chi connectivity index (χ0v) is 13.0. The van der Waals surface area contributed by atoms with E-state index < -0.39 is 17.5 Å². The van der Waals surface area contributed by atoms with Crippen LogP contribution in [-0.2, 0) is 9.59 Å². The van der Waals surface area contributed by atoms with E-state index in [2.05, 4.69) is 5.32 Å². The van der Waals surface area contributed by atoms with E-state index in [4.69, 9.17) is 0 Å². The van der Waals surface area contributed by atoms with E-state index in [1.54, 1.807) is 0 Å². The third-order valence-electron chi connectivity index (χ3n) is 3.02. The molecule has 0 aliphatic rings. The van der Waals surface area contributed by atoms with Crippen LogP contribution in [0.5, 0.6) is 0 Å². The highest BCUT2D eigenvalue weighted by atomic mass is 19.1. The lowest BCUT2D eigenvalue weighted by atomic mass is 10.3. The molecule has 0 radical (unpaired) electrons. The van der Waals surface area contributed by atoms with Gasteiger partial charge in [0, 0.05) is 19.5 Å². The number of hydrogen-bond acceptors (Lipinski definition) is 3. The monoisotopic (exact) mass is 313 g/mol. The van der Waals surface area contributed by atoms with Gasteiger partial charge in [-0.2, -0.15) is 0 Å². The Bertz CT molecular complexity index is 536. The molecule has 2 amide bonds. The first-order valence-corrected chi connectivity index (χ1v) is 6.94. The SMILES string of the molecule is CC(=O)N(CCCN(C)C)CC(=O)Nc1ccc(F)cc1F. The van der Waals surface area contributed by atoms with Crippen molar-refractivity contribution < 1.29 is 18.4 Å². The average molecular weight is 313 g/mol. The Morgan fingerprint density at radius 3 is 2.41 bits per heavy atom. The number of benzene rings is 1. The van der Waals surface area contributed by atoms with Crippen LogP contribution < -0.4 is 5.32 Å². The van der Waals surface area contributed by atoms with Crippen molar-refractivity contribution in [3.63, 3.8) is 0 Å². The number of rotatable bonds is 7. The summed E-state index contributed by atoms with van der Waals surface area (Å²) in [5.74, 6) is -2.32. The molecular weight excluding hydrogens is 292 g/mol. The number of nitrogens with one attached hydrogen (secondary N) is 1. The molecule has 5 nitrogen and oxygen atoms in total. The number of carbonyl (C=O) groups excluding carboxylic acids is 2. The Labute approximate surface area is 128 Å². The van der Waals surface area contributed by atoms with E-state index in [-0.39, 0.29) is 18.1 Å². The molecular formula is C15H21F2N3O2. The molecule has 0 aliphatic carbocycles. The van der Waals surface area contributed by atoms with Gasteiger partial charge in [0.2, 0.25) is 11.8 Å². The van der Waals surface area contributed by atoms with Gasteiger partial charge in [0.25, 0.3) is 0 Å². The Morgan fingerprint density at radius 1 is 1.18 bits per heavy atom. The molecule has 0 fully saturated rings. The lowest BCUT2D eigenvalue weighted by Gasteiger charge is -2.21. The van der Waals surface area contributed by atoms with Gasteiger partial charge in [-0.05, 0) is 39.2 Å². The Kier molecular flexibility index (Phi) is 6.91. The summed E-state index contributed by atoms with van der Waals surface area (Å²) in [5.41, 5.74) is -0.108. The van der Waals surface area contributed by atoms with Crippen LogP contribution in [0.1, 0.15) is 13.3 Å². The zero-order chi connectivity index (χ0) is 16.7. The van der Waals surface area contributed by atoms with Crippen LogP contribution in [0.15, 0.2) is 18.2 Å². The minimum absolute atomic E-state index is 0.108. The third-order valence-corrected chi connectivity index (χ3v) is 3.02. The highest BCUT2D eigenvalue weighted by Crippen LogP contribution is 2.14. The van der Waals surface area contributed by atoms with Gasteiger partial charge in [-0.3, -0.25) is 9.59 Å². The molecule has 22 heavy (non-hydrogen) atoms. The number of carbonyl (C=O) groups is 2. The summed E-state index contributed by atoms with van der Waals surface area (Å²) in [5, 5.41) is 2.34. The van der Waals surface area contributed by atoms with Gasteiger partial charge in [-0.15, -0.1) is 0 Å². The third kappa shape index (κ3) is 6.17. The van der Waals surface area contributed by atoms with Crippen molar-refractivity contribution in [3.05, 3.63) is 29.8 Å². The normalized spacial score (nSPS) is 10.6. The predicted octanol–water partition coefficient (Wildman–Crippen LogP) is 1.70. The van der Waals surface area contributed by atoms with Gasteiger partial charge in [0.05, 0.1) is 12.2 Å². The maximum atomic E-state index is 13.5. The van der Waals surface area contributed by atoms with Crippen LogP contribution in [-0.4, -0.2) is 55.3 Å². The van der Waals surface area contributed by atoms with Crippen LogP contribution in [0.25, 0.3) is 0 Å². The summed E-state index contributed by atoms with van der Waals surface area (Å²) >= 11 is 0. The summed E-state index contributed by atoms with van der Waals surface area (Å²) in [6.07, 6.45) is 0.727. The van der Waals surface area contributed by atoms with Gasteiger partial charge in [-0.1, -0.05) is 0 Å². The van der Waals surface area contributed by atoms with E-state index in [0.717, 1.165) is 25.1 Å². The van der Waals surface area contributed by atoms with E-state index in [1.807, 2.05) is 19.0 Å². The molecule has 0 aliphatic heterocycles. The Hall–Kier alpha value is -2.02. The number of hydrogen-bond donors (Lipinski definition) is 1. The van der Waals surface area contributed by atoms with Crippen molar-refractivity contribution in [1.29, 1.82) is 0 Å². The molecule has 0 aromatic heterocycles. The Balaban J connectivity index is 2.57. The average Bonchev–Trinajstić information content (AvgIpc) is 2.40. The number of halogens is 2. The van der Waals surface area contributed by atoms with Gasteiger partial charge in [-0.25, -0.2) is 8.78 Å². The number of nitrogens with zero attached hydrogens (tertiary/aromatic N) is 2. The summed E-state index contributed by atoms with van der Waals surface area (Å²) < 4.78 is 26.3. The van der Waals surface area contributed by atoms with Gasteiger partial charge in [0.15, 0.2) is 0 Å². The lowest BCUT2D eigenvalue weighted by molar-refractivity contribution is -0.132. The molecule has 0 saturated heterocycles. The first-order chi connectivity index (χ1) is 10.3. The van der Waals surface area contributed by atoms with Crippen LogP contribution in [0, 0.1) is 11.6 Å². The fraction of sp³-hybridized carbons (Fsp3) is 0.467. The second-order valence-electron chi connectivity index (χ2n) is 5.27. The summed E-state index contributed by atoms with van der Waals surface area (Å²) in [4.78, 5) is 26.8. The van der Waals surface area contributed by atoms with E-state index in [0.29, 0.717) is 12.6 Å². The number of amides is 2. The van der Waals surface area contributed by atoms with Crippen molar-refractivity contribution in [1.82, 2.24) is 9.80 Å². The molecule has 0 spiro atoms. The van der Waals surface area contributed by atoms with Crippen molar-refractivity contribution >= 4 is 17.5 Å². The van der Waals surface area contributed by atoms with E-state index in [9.17, 15) is 18.4 Å². The minimum atomic E-state index is -0.852. The lowest BCUT2D eigenvalue weighted by Crippen LogP contribution is -2.38. The second-order valence-corrected chi connectivity index (χ2v) is 5.27. The van der Waals surface area contributed by atoms with Gasteiger partial charge in [0.1, 0.15) is 11.6 Å². The zero-order valence-electron chi connectivity index (χ0n) is 13.0. The van der Waals surface area contributed by atoms with E-state index in [1.165, 1.54) is 11.8 Å². The Morgan fingerprint density at radius 2 is 1.86 bits per heavy atom. The van der Waals surface area contributed by atoms with Crippen molar-refractivity contribution in [3.8, 4) is 0 Å². The topological polar surface area (TPSA) is 52.7 Å². The highest BCUT2D eigenvalue weighted by Gasteiger charge is 2.15. The largest absolute Gasteiger partial charge is 0.334 e. The quantitative estimate of drug-likeness (QED) is 0.834. The second kappa shape index (κ2) is 8.43. The first kappa shape index (κ1) is 18.0. The molecule has 1 aromatic carbocycles. The first-order valence-electron chi connectivity index (χ1n) is 6.94. The minimum Gasteiger partial charge on any atom is -0.334 e. The molecule has 7 heteroatoms. The van der Waals surface area contributed by atoms with Crippen molar-refractivity contribution in [2.75, 3.05) is 39.0 Å². The van der Waals surface area contributed by atoms with Crippen molar-refractivity contribution in [2.24, 2.45) is 0 Å². The molecule has 0 bridgehead atoms. The maximum Gasteiger partial charge on any atom is 0.244 e. The maximum absolute atomic E-state index is 13.5. The van der Waals surface area contributed by atoms with Crippen molar-refractivity contribution in [2.45, 2.75) is 13.3 Å². The molecule has 1 rings (SSSR count). The number of anilines is 1. The summed E-state index contributed by atoms with van der Waals surface area (Å²) in [7, 11) is 3.84. The van der Waals surface area contributed by atoms with Gasteiger partial charge >= 0.3 is 0 Å². The van der Waals surface area contributed by atoms with Crippen LogP contribution >= 0.6 is 0 Å². The fourth-order valence-corrected chi connectivity index (χ4v) is 1.88. The standard InChI is InChI=1S/C15H21F2N3O2/c1-11(21)20(8-4-7-19(2)3)10-15(22)18-14-6-5-12(16)9-13(14)17/h5-6,9H,4,7-8,10H2,1-3H3,(H,18,22). The molecule has 1 N–H and O–H groups in total. The molecule has 0 heterocycles. The summed E-state index contributed by atoms with van der Waals surface area (Å²) in [6, 6.07) is 2.89. The van der Waals surface area contributed by atoms with Crippen LogP contribution in [0.4, 0.5) is 14.5 Å². The highest BCUT2D eigenvalue weighted by molar-refractivity contribution is 5.94. The smallest absolute Gasteiger partial charge is 0.244 e.